The van der Waals surface area contributed by atoms with Gasteiger partial charge < -0.3 is 19.1 Å². The lowest BCUT2D eigenvalue weighted by Gasteiger charge is -2.60. The number of rotatable bonds is 2. The maximum Gasteiger partial charge on any atom is 0.162 e. The molecule has 5 heteroatoms. The molecule has 5 aliphatic heterocycles. The van der Waals surface area contributed by atoms with Crippen LogP contribution in [-0.4, -0.2) is 63.5 Å². The summed E-state index contributed by atoms with van der Waals surface area (Å²) >= 11 is 0. The van der Waals surface area contributed by atoms with Crippen LogP contribution in [0.25, 0.3) is 0 Å². The lowest BCUT2D eigenvalue weighted by molar-refractivity contribution is -0.0752. The third-order valence-electron chi connectivity index (χ3n) is 9.36. The van der Waals surface area contributed by atoms with Crippen molar-refractivity contribution in [2.24, 2.45) is 17.8 Å². The minimum atomic E-state index is 0.243. The number of anilines is 1. The molecule has 28 heavy (non-hydrogen) atoms. The van der Waals surface area contributed by atoms with Gasteiger partial charge in [-0.25, -0.2) is 0 Å². The molecule has 1 aliphatic carbocycles. The number of ether oxygens (including phenoxy) is 3. The third-order valence-corrected chi connectivity index (χ3v) is 9.36. The van der Waals surface area contributed by atoms with Crippen molar-refractivity contribution in [3.05, 3.63) is 17.7 Å². The van der Waals surface area contributed by atoms with Crippen molar-refractivity contribution in [2.75, 3.05) is 45.4 Å². The number of benzene rings is 1. The van der Waals surface area contributed by atoms with E-state index in [0.717, 1.165) is 36.5 Å². The molecule has 2 bridgehead atoms. The predicted molar refractivity (Wildman–Crippen MR) is 106 cm³/mol. The quantitative estimate of drug-likeness (QED) is 0.786. The van der Waals surface area contributed by atoms with Gasteiger partial charge in [0, 0.05) is 54.9 Å². The monoisotopic (exact) mass is 382 g/mol. The van der Waals surface area contributed by atoms with Crippen LogP contribution in [0.2, 0.25) is 0 Å². The van der Waals surface area contributed by atoms with E-state index >= 15 is 0 Å². The van der Waals surface area contributed by atoms with Gasteiger partial charge in [-0.2, -0.15) is 0 Å². The first-order chi connectivity index (χ1) is 13.8. The zero-order valence-electron chi connectivity index (χ0n) is 16.9. The van der Waals surface area contributed by atoms with E-state index in [1.165, 1.54) is 50.0 Å². The molecule has 4 saturated heterocycles. The third kappa shape index (κ3) is 1.70. The summed E-state index contributed by atoms with van der Waals surface area (Å²) in [6.45, 7) is 4.62. The van der Waals surface area contributed by atoms with Crippen molar-refractivity contribution < 1.29 is 14.2 Å². The fraction of sp³-hybridized carbons (Fsp3) is 0.739. The SMILES string of the molecule is COc1cc2c(cc1OC)C13CCN4CC5CCOC6CCN2C1C6C5CC43. The Morgan fingerprint density at radius 1 is 1.11 bits per heavy atom. The fourth-order valence-corrected chi connectivity index (χ4v) is 8.49. The van der Waals surface area contributed by atoms with Crippen molar-refractivity contribution in [3.8, 4) is 11.5 Å². The molecule has 7 atom stereocenters. The van der Waals surface area contributed by atoms with E-state index in [0.29, 0.717) is 24.1 Å². The summed E-state index contributed by atoms with van der Waals surface area (Å²) in [5.41, 5.74) is 3.19. The second-order valence-electron chi connectivity index (χ2n) is 9.89. The molecule has 5 fully saturated rings. The molecule has 5 nitrogen and oxygen atoms in total. The molecule has 0 N–H and O–H groups in total. The zero-order valence-corrected chi connectivity index (χ0v) is 16.9. The highest BCUT2D eigenvalue weighted by molar-refractivity contribution is 5.72. The minimum Gasteiger partial charge on any atom is -0.493 e. The Balaban J connectivity index is 1.48. The van der Waals surface area contributed by atoms with E-state index in [1.807, 2.05) is 0 Å². The number of nitrogens with zero attached hydrogens (tertiary/aromatic N) is 2. The maximum atomic E-state index is 6.52. The van der Waals surface area contributed by atoms with Crippen LogP contribution < -0.4 is 14.4 Å². The average Bonchev–Trinajstić information content (AvgIpc) is 3.18. The van der Waals surface area contributed by atoms with Crippen molar-refractivity contribution in [1.29, 1.82) is 0 Å². The predicted octanol–water partition coefficient (Wildman–Crippen LogP) is 2.66. The second-order valence-corrected chi connectivity index (χ2v) is 9.89. The van der Waals surface area contributed by atoms with Gasteiger partial charge in [-0.3, -0.25) is 4.90 Å². The van der Waals surface area contributed by atoms with Crippen molar-refractivity contribution in [2.45, 2.75) is 49.3 Å². The molecular weight excluding hydrogens is 352 g/mol. The maximum absolute atomic E-state index is 6.52. The molecule has 5 heterocycles. The summed E-state index contributed by atoms with van der Waals surface area (Å²) in [6, 6.07) is 5.87. The van der Waals surface area contributed by atoms with Crippen LogP contribution in [0.4, 0.5) is 5.69 Å². The molecular formula is C23H30N2O3. The molecule has 0 radical (unpaired) electrons. The van der Waals surface area contributed by atoms with Crippen molar-refractivity contribution in [3.63, 3.8) is 0 Å². The fourth-order valence-electron chi connectivity index (χ4n) is 8.49. The van der Waals surface area contributed by atoms with E-state index in [-0.39, 0.29) is 5.41 Å². The van der Waals surface area contributed by atoms with Crippen LogP contribution in [0, 0.1) is 17.8 Å². The Kier molecular flexibility index (Phi) is 3.13. The first-order valence-electron chi connectivity index (χ1n) is 11.1. The Morgan fingerprint density at radius 3 is 2.82 bits per heavy atom. The van der Waals surface area contributed by atoms with Crippen molar-refractivity contribution in [1.82, 2.24) is 4.90 Å². The number of methoxy groups -OCH3 is 2. The molecule has 7 unspecified atom stereocenters. The molecule has 1 aromatic carbocycles. The molecule has 0 amide bonds. The van der Waals surface area contributed by atoms with Gasteiger partial charge >= 0.3 is 0 Å². The molecule has 1 saturated carbocycles. The summed E-state index contributed by atoms with van der Waals surface area (Å²) in [4.78, 5) is 5.61. The van der Waals surface area contributed by atoms with Gasteiger partial charge in [0.05, 0.1) is 20.3 Å². The molecule has 6 aliphatic rings. The summed E-state index contributed by atoms with van der Waals surface area (Å²) in [5.74, 6) is 4.10. The number of hydrogen-bond acceptors (Lipinski definition) is 5. The Morgan fingerprint density at radius 2 is 1.96 bits per heavy atom. The molecule has 7 rings (SSSR count). The summed E-state index contributed by atoms with van der Waals surface area (Å²) in [7, 11) is 3.52. The number of hydrogen-bond donors (Lipinski definition) is 0. The highest BCUT2D eigenvalue weighted by atomic mass is 16.5. The zero-order chi connectivity index (χ0) is 18.6. The van der Waals surface area contributed by atoms with Crippen LogP contribution in [0.1, 0.15) is 31.2 Å². The normalized spacial score (nSPS) is 44.9. The average molecular weight is 383 g/mol. The van der Waals surface area contributed by atoms with E-state index in [2.05, 4.69) is 21.9 Å². The van der Waals surface area contributed by atoms with Crippen LogP contribution in [-0.2, 0) is 10.2 Å². The highest BCUT2D eigenvalue weighted by Crippen LogP contribution is 2.66. The number of piperidine rings is 2. The van der Waals surface area contributed by atoms with E-state index < -0.39 is 0 Å². The molecule has 1 aromatic rings. The van der Waals surface area contributed by atoms with Crippen LogP contribution in [0.3, 0.4) is 0 Å². The van der Waals surface area contributed by atoms with E-state index in [9.17, 15) is 0 Å². The Hall–Kier alpha value is -1.46. The van der Waals surface area contributed by atoms with Gasteiger partial charge in [-0.1, -0.05) is 0 Å². The molecule has 1 spiro atoms. The largest absolute Gasteiger partial charge is 0.493 e. The lowest BCUT2D eigenvalue weighted by atomic mass is 9.52. The first kappa shape index (κ1) is 16.3. The lowest BCUT2D eigenvalue weighted by Crippen LogP contribution is -2.69. The van der Waals surface area contributed by atoms with Gasteiger partial charge in [-0.05, 0) is 55.7 Å². The van der Waals surface area contributed by atoms with Crippen LogP contribution >= 0.6 is 0 Å². The first-order valence-corrected chi connectivity index (χ1v) is 11.1. The smallest absolute Gasteiger partial charge is 0.162 e. The van der Waals surface area contributed by atoms with Gasteiger partial charge in [-0.15, -0.1) is 0 Å². The van der Waals surface area contributed by atoms with E-state index in [4.69, 9.17) is 14.2 Å². The van der Waals surface area contributed by atoms with Gasteiger partial charge in [0.15, 0.2) is 11.5 Å². The van der Waals surface area contributed by atoms with Crippen molar-refractivity contribution >= 4 is 5.69 Å². The summed E-state index contributed by atoms with van der Waals surface area (Å²) in [6.07, 6.45) is 5.54. The van der Waals surface area contributed by atoms with Gasteiger partial charge in [0.25, 0.3) is 0 Å². The molecule has 150 valence electrons. The van der Waals surface area contributed by atoms with Crippen LogP contribution in [0.5, 0.6) is 11.5 Å². The van der Waals surface area contributed by atoms with E-state index in [1.54, 1.807) is 14.2 Å². The van der Waals surface area contributed by atoms with Gasteiger partial charge in [0.1, 0.15) is 0 Å². The standard InChI is InChI=1S/C23H30N2O3/c1-26-18-10-15-16(11-19(18)27-2)25-6-3-17-21-14-9-20-23(15,22(21)25)5-7-24(20)12-13(14)4-8-28-17/h10-11,13-14,17,20-22H,3-9,12H2,1-2H3. The number of fused-ring (bicyclic) bond motifs is 2. The Bertz CT molecular complexity index is 843. The Labute approximate surface area is 166 Å². The molecule has 0 aromatic heterocycles. The summed E-state index contributed by atoms with van der Waals surface area (Å²) in [5, 5.41) is 0. The van der Waals surface area contributed by atoms with Gasteiger partial charge in [0.2, 0.25) is 0 Å². The topological polar surface area (TPSA) is 34.2 Å². The summed E-state index contributed by atoms with van der Waals surface area (Å²) < 4.78 is 18.0. The van der Waals surface area contributed by atoms with Crippen LogP contribution in [0.15, 0.2) is 12.1 Å². The minimum absolute atomic E-state index is 0.243. The highest BCUT2D eigenvalue weighted by Gasteiger charge is 2.70. The second kappa shape index (κ2) is 5.37.